The number of pyridine rings is 1. The first-order chi connectivity index (χ1) is 6.13. The number of nitrogens with two attached hydrogens (primary N) is 1. The third-order valence-corrected chi connectivity index (χ3v) is 1.65. The predicted octanol–water partition coefficient (Wildman–Crippen LogP) is 0.925. The summed E-state index contributed by atoms with van der Waals surface area (Å²) in [6.45, 7) is 1.79. The molecule has 70 valence electrons. The summed E-state index contributed by atoms with van der Waals surface area (Å²) < 4.78 is 12.8. The highest BCUT2D eigenvalue weighted by Crippen LogP contribution is 2.06. The van der Waals surface area contributed by atoms with Gasteiger partial charge in [0.15, 0.2) is 5.78 Å². The number of carbonyl (C=O) groups excluding carboxylic acids is 1. The molecule has 1 heterocycles. The average Bonchev–Trinajstić information content (AvgIpc) is 2.03. The van der Waals surface area contributed by atoms with Crippen LogP contribution in [0.1, 0.15) is 23.0 Å². The molecule has 0 radical (unpaired) electrons. The first kappa shape index (κ1) is 9.80. The number of Topliss-reactive ketones (excluding diaryl/α,β-unsaturated/α-hetero) is 1. The second kappa shape index (κ2) is 4.09. The summed E-state index contributed by atoms with van der Waals surface area (Å²) in [6, 6.07) is 2.86. The van der Waals surface area contributed by atoms with Gasteiger partial charge in [-0.3, -0.25) is 4.79 Å². The van der Waals surface area contributed by atoms with Crippen LogP contribution in [0.5, 0.6) is 0 Å². The van der Waals surface area contributed by atoms with Gasteiger partial charge in [0.1, 0.15) is 5.69 Å². The van der Waals surface area contributed by atoms with Crippen molar-refractivity contribution in [3.8, 4) is 0 Å². The zero-order valence-electron chi connectivity index (χ0n) is 7.38. The third-order valence-electron chi connectivity index (χ3n) is 1.65. The molecule has 0 saturated heterocycles. The number of aromatic nitrogens is 1. The van der Waals surface area contributed by atoms with Gasteiger partial charge >= 0.3 is 0 Å². The lowest BCUT2D eigenvalue weighted by atomic mass is 10.1. The van der Waals surface area contributed by atoms with Gasteiger partial charge in [0, 0.05) is 6.92 Å². The summed E-state index contributed by atoms with van der Waals surface area (Å²) >= 11 is 0. The molecule has 0 atom stereocenters. The van der Waals surface area contributed by atoms with Crippen molar-refractivity contribution < 1.29 is 9.18 Å². The minimum atomic E-state index is -0.629. The standard InChI is InChI=1S/C9H11FN2O/c1-6(13)8-4-7(2-3-11)5-9(10)12-8/h4-5H,2-3,11H2,1H3. The SMILES string of the molecule is CC(=O)c1cc(CCN)cc(F)n1. The van der Waals surface area contributed by atoms with Crippen LogP contribution in [0.2, 0.25) is 0 Å². The van der Waals surface area contributed by atoms with E-state index in [4.69, 9.17) is 5.73 Å². The molecule has 0 aliphatic rings. The van der Waals surface area contributed by atoms with Gasteiger partial charge in [-0.1, -0.05) is 0 Å². The molecule has 1 aromatic heterocycles. The molecule has 1 aromatic rings. The molecular weight excluding hydrogens is 171 g/mol. The summed E-state index contributed by atoms with van der Waals surface area (Å²) in [6.07, 6.45) is 0.555. The molecule has 0 spiro atoms. The normalized spacial score (nSPS) is 10.1. The molecule has 0 aromatic carbocycles. The summed E-state index contributed by atoms with van der Waals surface area (Å²) in [4.78, 5) is 14.4. The van der Waals surface area contributed by atoms with Crippen LogP contribution in [0.25, 0.3) is 0 Å². The lowest BCUT2D eigenvalue weighted by Gasteiger charge is -2.00. The summed E-state index contributed by atoms with van der Waals surface area (Å²) in [5.74, 6) is -0.867. The largest absolute Gasteiger partial charge is 0.330 e. The lowest BCUT2D eigenvalue weighted by molar-refractivity contribution is 0.101. The highest BCUT2D eigenvalue weighted by molar-refractivity contribution is 5.92. The Balaban J connectivity index is 3.03. The van der Waals surface area contributed by atoms with Crippen molar-refractivity contribution in [3.63, 3.8) is 0 Å². The van der Waals surface area contributed by atoms with E-state index in [0.29, 0.717) is 18.5 Å². The molecule has 0 aliphatic heterocycles. The van der Waals surface area contributed by atoms with Crippen LogP contribution in [0.3, 0.4) is 0 Å². The molecule has 1 rings (SSSR count). The molecule has 0 bridgehead atoms. The van der Waals surface area contributed by atoms with Crippen LogP contribution in [-0.4, -0.2) is 17.3 Å². The molecular formula is C9H11FN2O. The molecule has 4 heteroatoms. The number of hydrogen-bond donors (Lipinski definition) is 1. The first-order valence-electron chi connectivity index (χ1n) is 4.01. The zero-order valence-corrected chi connectivity index (χ0v) is 7.38. The second-order valence-electron chi connectivity index (χ2n) is 2.78. The van der Waals surface area contributed by atoms with Crippen molar-refractivity contribution in [1.82, 2.24) is 4.98 Å². The van der Waals surface area contributed by atoms with Crippen LogP contribution >= 0.6 is 0 Å². The van der Waals surface area contributed by atoms with E-state index in [1.54, 1.807) is 6.07 Å². The monoisotopic (exact) mass is 182 g/mol. The highest BCUT2D eigenvalue weighted by Gasteiger charge is 2.05. The Morgan fingerprint density at radius 1 is 1.62 bits per heavy atom. The van der Waals surface area contributed by atoms with Crippen molar-refractivity contribution in [2.75, 3.05) is 6.54 Å². The fourth-order valence-electron chi connectivity index (χ4n) is 1.04. The molecule has 3 nitrogen and oxygen atoms in total. The number of nitrogens with zero attached hydrogens (tertiary/aromatic N) is 1. The quantitative estimate of drug-likeness (QED) is 0.558. The molecule has 0 saturated carbocycles. The maximum Gasteiger partial charge on any atom is 0.213 e. The Kier molecular flexibility index (Phi) is 3.08. The van der Waals surface area contributed by atoms with Gasteiger partial charge in [-0.25, -0.2) is 4.98 Å². The van der Waals surface area contributed by atoms with E-state index in [9.17, 15) is 9.18 Å². The van der Waals surface area contributed by atoms with Crippen LogP contribution < -0.4 is 5.73 Å². The van der Waals surface area contributed by atoms with E-state index < -0.39 is 5.95 Å². The van der Waals surface area contributed by atoms with E-state index in [-0.39, 0.29) is 11.5 Å². The van der Waals surface area contributed by atoms with Gasteiger partial charge in [0.05, 0.1) is 0 Å². The summed E-state index contributed by atoms with van der Waals surface area (Å²) in [5.41, 5.74) is 6.17. The van der Waals surface area contributed by atoms with Crippen molar-refractivity contribution >= 4 is 5.78 Å². The van der Waals surface area contributed by atoms with Crippen molar-refractivity contribution in [2.45, 2.75) is 13.3 Å². The van der Waals surface area contributed by atoms with Crippen molar-refractivity contribution in [2.24, 2.45) is 5.73 Å². The van der Waals surface area contributed by atoms with E-state index in [0.717, 1.165) is 0 Å². The minimum absolute atomic E-state index is 0.156. The van der Waals surface area contributed by atoms with E-state index in [1.807, 2.05) is 0 Å². The minimum Gasteiger partial charge on any atom is -0.330 e. The van der Waals surface area contributed by atoms with E-state index in [2.05, 4.69) is 4.98 Å². The van der Waals surface area contributed by atoms with Crippen molar-refractivity contribution in [1.29, 1.82) is 0 Å². The Hall–Kier alpha value is -1.29. The van der Waals surface area contributed by atoms with E-state index in [1.165, 1.54) is 13.0 Å². The Morgan fingerprint density at radius 2 is 2.31 bits per heavy atom. The zero-order chi connectivity index (χ0) is 9.84. The molecule has 0 fully saturated rings. The molecule has 13 heavy (non-hydrogen) atoms. The first-order valence-corrected chi connectivity index (χ1v) is 4.01. The number of ketones is 1. The Morgan fingerprint density at radius 3 is 2.85 bits per heavy atom. The third kappa shape index (κ3) is 2.59. The summed E-state index contributed by atoms with van der Waals surface area (Å²) in [5, 5.41) is 0. The highest BCUT2D eigenvalue weighted by atomic mass is 19.1. The molecule has 0 aliphatic carbocycles. The van der Waals surface area contributed by atoms with Crippen LogP contribution in [-0.2, 0) is 6.42 Å². The number of rotatable bonds is 3. The van der Waals surface area contributed by atoms with Crippen molar-refractivity contribution in [3.05, 3.63) is 29.3 Å². The van der Waals surface area contributed by atoms with Gasteiger partial charge in [-0.2, -0.15) is 4.39 Å². The van der Waals surface area contributed by atoms with Gasteiger partial charge in [0.25, 0.3) is 0 Å². The van der Waals surface area contributed by atoms with Crippen LogP contribution in [0, 0.1) is 5.95 Å². The number of carbonyl (C=O) groups is 1. The maximum absolute atomic E-state index is 12.8. The fraction of sp³-hybridized carbons (Fsp3) is 0.333. The smallest absolute Gasteiger partial charge is 0.213 e. The van der Waals surface area contributed by atoms with Gasteiger partial charge < -0.3 is 5.73 Å². The van der Waals surface area contributed by atoms with Gasteiger partial charge in [-0.15, -0.1) is 0 Å². The lowest BCUT2D eigenvalue weighted by Crippen LogP contribution is -2.06. The maximum atomic E-state index is 12.8. The predicted molar refractivity (Wildman–Crippen MR) is 47.0 cm³/mol. The topological polar surface area (TPSA) is 56.0 Å². The Bertz CT molecular complexity index is 325. The van der Waals surface area contributed by atoms with Crippen LogP contribution in [0.15, 0.2) is 12.1 Å². The fourth-order valence-corrected chi connectivity index (χ4v) is 1.04. The molecule has 0 amide bonds. The number of halogens is 1. The molecule has 0 unspecified atom stereocenters. The second-order valence-corrected chi connectivity index (χ2v) is 2.78. The Labute approximate surface area is 75.8 Å². The molecule has 2 N–H and O–H groups in total. The average molecular weight is 182 g/mol. The van der Waals surface area contributed by atoms with E-state index >= 15 is 0 Å². The van der Waals surface area contributed by atoms with Gasteiger partial charge in [0.2, 0.25) is 5.95 Å². The van der Waals surface area contributed by atoms with Crippen LogP contribution in [0.4, 0.5) is 4.39 Å². The number of hydrogen-bond acceptors (Lipinski definition) is 3. The summed E-state index contributed by atoms with van der Waals surface area (Å²) in [7, 11) is 0. The van der Waals surface area contributed by atoms with Gasteiger partial charge in [-0.05, 0) is 30.7 Å².